The van der Waals surface area contributed by atoms with E-state index in [2.05, 4.69) is 5.32 Å². The number of benzene rings is 2. The number of Topliss-reactive ketones (excluding diaryl/α,β-unsaturated/α-hetero) is 1. The molecule has 0 spiro atoms. The van der Waals surface area contributed by atoms with Gasteiger partial charge in [-0.3, -0.25) is 9.59 Å². The maximum atomic E-state index is 13.0. The first-order valence-corrected chi connectivity index (χ1v) is 8.89. The van der Waals surface area contributed by atoms with E-state index >= 15 is 0 Å². The molecule has 0 saturated heterocycles. The van der Waals surface area contributed by atoms with Gasteiger partial charge in [-0.15, -0.1) is 11.8 Å². The average Bonchev–Trinajstić information content (AvgIpc) is 2.65. The lowest BCUT2D eigenvalue weighted by atomic mass is 10.1. The minimum atomic E-state index is -0.869. The SMILES string of the molecule is CCSC(C(=O)Nc1ccccc1)C(=O)c1cc(OC)ccc1OC. The van der Waals surface area contributed by atoms with E-state index in [9.17, 15) is 9.59 Å². The van der Waals surface area contributed by atoms with Crippen molar-refractivity contribution in [3.63, 3.8) is 0 Å². The van der Waals surface area contributed by atoms with Gasteiger partial charge in [-0.2, -0.15) is 0 Å². The minimum Gasteiger partial charge on any atom is -0.497 e. The number of hydrogen-bond donors (Lipinski definition) is 1. The van der Waals surface area contributed by atoms with E-state index in [1.54, 1.807) is 30.3 Å². The van der Waals surface area contributed by atoms with Crippen LogP contribution in [0.4, 0.5) is 5.69 Å². The van der Waals surface area contributed by atoms with Crippen molar-refractivity contribution in [3.8, 4) is 11.5 Å². The number of rotatable bonds is 8. The normalized spacial score (nSPS) is 11.5. The quantitative estimate of drug-likeness (QED) is 0.576. The van der Waals surface area contributed by atoms with Crippen molar-refractivity contribution < 1.29 is 19.1 Å². The highest BCUT2D eigenvalue weighted by Gasteiger charge is 2.30. The van der Waals surface area contributed by atoms with Gasteiger partial charge in [-0.25, -0.2) is 0 Å². The highest BCUT2D eigenvalue weighted by molar-refractivity contribution is 8.01. The van der Waals surface area contributed by atoms with Crippen molar-refractivity contribution in [1.82, 2.24) is 0 Å². The molecule has 0 aliphatic heterocycles. The first kappa shape index (κ1) is 18.9. The lowest BCUT2D eigenvalue weighted by Crippen LogP contribution is -2.33. The molecule has 1 unspecified atom stereocenters. The fourth-order valence-corrected chi connectivity index (χ4v) is 3.14. The van der Waals surface area contributed by atoms with Crippen LogP contribution in [0.5, 0.6) is 11.5 Å². The van der Waals surface area contributed by atoms with Crippen LogP contribution in [-0.4, -0.2) is 36.9 Å². The Labute approximate surface area is 151 Å². The number of amides is 1. The van der Waals surface area contributed by atoms with Gasteiger partial charge in [0.1, 0.15) is 16.7 Å². The molecule has 1 atom stereocenters. The molecule has 5 nitrogen and oxygen atoms in total. The summed E-state index contributed by atoms with van der Waals surface area (Å²) in [7, 11) is 3.01. The van der Waals surface area contributed by atoms with E-state index in [-0.39, 0.29) is 11.7 Å². The van der Waals surface area contributed by atoms with Crippen LogP contribution in [0.3, 0.4) is 0 Å². The number of methoxy groups -OCH3 is 2. The molecule has 1 N–H and O–H groups in total. The van der Waals surface area contributed by atoms with Crippen LogP contribution >= 0.6 is 11.8 Å². The fourth-order valence-electron chi connectivity index (χ4n) is 2.31. The zero-order valence-corrected chi connectivity index (χ0v) is 15.3. The molecule has 0 radical (unpaired) electrons. The molecule has 0 saturated carbocycles. The largest absolute Gasteiger partial charge is 0.497 e. The molecule has 2 aromatic rings. The molecule has 0 heterocycles. The summed E-state index contributed by atoms with van der Waals surface area (Å²) in [5.41, 5.74) is 0.982. The third-order valence-electron chi connectivity index (χ3n) is 3.52. The zero-order valence-electron chi connectivity index (χ0n) is 14.4. The first-order chi connectivity index (χ1) is 12.1. The van der Waals surface area contributed by atoms with Crippen LogP contribution in [-0.2, 0) is 4.79 Å². The number of carbonyl (C=O) groups excluding carboxylic acids is 2. The van der Waals surface area contributed by atoms with Crippen LogP contribution in [0.15, 0.2) is 48.5 Å². The van der Waals surface area contributed by atoms with E-state index in [1.165, 1.54) is 26.0 Å². The molecule has 0 aliphatic rings. The third kappa shape index (κ3) is 4.76. The summed E-state index contributed by atoms with van der Waals surface area (Å²) in [6, 6.07) is 14.0. The summed E-state index contributed by atoms with van der Waals surface area (Å²) in [6.07, 6.45) is 0. The highest BCUT2D eigenvalue weighted by Crippen LogP contribution is 2.28. The number of carbonyl (C=O) groups is 2. The standard InChI is InChI=1S/C19H21NO4S/c1-4-25-18(19(22)20-13-8-6-5-7-9-13)17(21)15-12-14(23-2)10-11-16(15)24-3/h5-12,18H,4H2,1-3H3,(H,20,22). The van der Waals surface area contributed by atoms with E-state index in [4.69, 9.17) is 9.47 Å². The number of nitrogens with one attached hydrogen (secondary N) is 1. The van der Waals surface area contributed by atoms with Crippen molar-refractivity contribution >= 4 is 29.1 Å². The molecule has 0 bridgehead atoms. The Morgan fingerprint density at radius 1 is 1.08 bits per heavy atom. The third-order valence-corrected chi connectivity index (χ3v) is 4.62. The van der Waals surface area contributed by atoms with E-state index in [0.717, 1.165) is 0 Å². The van der Waals surface area contributed by atoms with Crippen LogP contribution in [0.2, 0.25) is 0 Å². The number of hydrogen-bond acceptors (Lipinski definition) is 5. The van der Waals surface area contributed by atoms with Gasteiger partial charge < -0.3 is 14.8 Å². The first-order valence-electron chi connectivity index (χ1n) is 7.84. The lowest BCUT2D eigenvalue weighted by Gasteiger charge is -2.17. The maximum Gasteiger partial charge on any atom is 0.245 e. The van der Waals surface area contributed by atoms with Crippen LogP contribution in [0.1, 0.15) is 17.3 Å². The smallest absolute Gasteiger partial charge is 0.245 e. The van der Waals surface area contributed by atoms with Gasteiger partial charge in [0.15, 0.2) is 5.78 Å². The monoisotopic (exact) mass is 359 g/mol. The van der Waals surface area contributed by atoms with Gasteiger partial charge >= 0.3 is 0 Å². The second kappa shape index (κ2) is 9.13. The van der Waals surface area contributed by atoms with Crippen LogP contribution in [0, 0.1) is 0 Å². The number of ether oxygens (including phenoxy) is 2. The molecule has 132 valence electrons. The van der Waals surface area contributed by atoms with Gasteiger partial charge in [0.25, 0.3) is 0 Å². The topological polar surface area (TPSA) is 64.6 Å². The van der Waals surface area contributed by atoms with Crippen molar-refractivity contribution in [2.24, 2.45) is 0 Å². The van der Waals surface area contributed by atoms with Gasteiger partial charge in [0.2, 0.25) is 5.91 Å². The van der Waals surface area contributed by atoms with E-state index < -0.39 is 5.25 Å². The van der Waals surface area contributed by atoms with Gasteiger partial charge in [0.05, 0.1) is 19.8 Å². The van der Waals surface area contributed by atoms with Crippen molar-refractivity contribution in [2.75, 3.05) is 25.3 Å². The average molecular weight is 359 g/mol. The van der Waals surface area contributed by atoms with E-state index in [0.29, 0.717) is 28.5 Å². The number of anilines is 1. The second-order valence-corrected chi connectivity index (χ2v) is 6.50. The Morgan fingerprint density at radius 2 is 1.80 bits per heavy atom. The molecule has 2 rings (SSSR count). The second-order valence-electron chi connectivity index (χ2n) is 5.12. The lowest BCUT2D eigenvalue weighted by molar-refractivity contribution is -0.115. The number of ketones is 1. The summed E-state index contributed by atoms with van der Waals surface area (Å²) in [5.74, 6) is 0.919. The maximum absolute atomic E-state index is 13.0. The Balaban J connectivity index is 2.30. The molecule has 25 heavy (non-hydrogen) atoms. The molecule has 0 aromatic heterocycles. The zero-order chi connectivity index (χ0) is 18.2. The van der Waals surface area contributed by atoms with Gasteiger partial charge in [0, 0.05) is 5.69 Å². The summed E-state index contributed by atoms with van der Waals surface area (Å²) >= 11 is 1.28. The molecule has 0 aliphatic carbocycles. The van der Waals surface area contributed by atoms with Crippen LogP contribution < -0.4 is 14.8 Å². The van der Waals surface area contributed by atoms with E-state index in [1.807, 2.05) is 25.1 Å². The Bertz CT molecular complexity index is 733. The Morgan fingerprint density at radius 3 is 2.40 bits per heavy atom. The fraction of sp³-hybridized carbons (Fsp3) is 0.263. The predicted molar refractivity (Wildman–Crippen MR) is 101 cm³/mol. The van der Waals surface area contributed by atoms with Crippen molar-refractivity contribution in [2.45, 2.75) is 12.2 Å². The molecule has 6 heteroatoms. The molecule has 2 aromatic carbocycles. The molecular formula is C19H21NO4S. The minimum absolute atomic E-state index is 0.309. The Kier molecular flexibility index (Phi) is 6.89. The summed E-state index contributed by atoms with van der Waals surface area (Å²) in [4.78, 5) is 25.6. The van der Waals surface area contributed by atoms with Crippen molar-refractivity contribution in [1.29, 1.82) is 0 Å². The van der Waals surface area contributed by atoms with Gasteiger partial charge in [-0.1, -0.05) is 25.1 Å². The predicted octanol–water partition coefficient (Wildman–Crippen LogP) is 3.65. The summed E-state index contributed by atoms with van der Waals surface area (Å²) in [6.45, 7) is 1.91. The number of para-hydroxylation sites is 1. The molecular weight excluding hydrogens is 338 g/mol. The van der Waals surface area contributed by atoms with Gasteiger partial charge in [-0.05, 0) is 36.1 Å². The van der Waals surface area contributed by atoms with Crippen molar-refractivity contribution in [3.05, 3.63) is 54.1 Å². The molecule has 1 amide bonds. The number of thioether (sulfide) groups is 1. The van der Waals surface area contributed by atoms with Crippen LogP contribution in [0.25, 0.3) is 0 Å². The summed E-state index contributed by atoms with van der Waals surface area (Å²) < 4.78 is 10.5. The molecule has 0 fully saturated rings. The highest BCUT2D eigenvalue weighted by atomic mass is 32.2. The summed E-state index contributed by atoms with van der Waals surface area (Å²) in [5, 5.41) is 1.92. The Hall–Kier alpha value is -2.47.